The largest absolute Gasteiger partial charge is 0.445 e. The standard InChI is InChI=1S/C15H21NO3/c1-11-6-5-9-13(17)14(11)16-15(18)19-10-12-7-3-2-4-8-12/h2-4,7-8,11,13-14,17H,5-6,9-10H2,1H3,(H,16,18). The van der Waals surface area contributed by atoms with Crippen molar-refractivity contribution >= 4 is 6.09 Å². The van der Waals surface area contributed by atoms with Crippen LogP contribution < -0.4 is 5.32 Å². The fourth-order valence-corrected chi connectivity index (χ4v) is 2.53. The van der Waals surface area contributed by atoms with Crippen molar-refractivity contribution in [2.75, 3.05) is 0 Å². The maximum absolute atomic E-state index is 11.7. The van der Waals surface area contributed by atoms with Crippen LogP contribution in [-0.4, -0.2) is 23.3 Å². The van der Waals surface area contributed by atoms with Crippen LogP contribution in [0.15, 0.2) is 30.3 Å². The first-order valence-electron chi connectivity index (χ1n) is 6.82. The number of amides is 1. The minimum absolute atomic E-state index is 0.197. The smallest absolute Gasteiger partial charge is 0.407 e. The third-order valence-electron chi connectivity index (χ3n) is 3.68. The van der Waals surface area contributed by atoms with Crippen LogP contribution in [0.4, 0.5) is 4.79 Å². The van der Waals surface area contributed by atoms with Gasteiger partial charge in [-0.2, -0.15) is 0 Å². The van der Waals surface area contributed by atoms with E-state index >= 15 is 0 Å². The van der Waals surface area contributed by atoms with E-state index < -0.39 is 12.2 Å². The first kappa shape index (κ1) is 13.9. The van der Waals surface area contributed by atoms with Crippen molar-refractivity contribution in [2.24, 2.45) is 5.92 Å². The molecule has 1 aromatic rings. The predicted octanol–water partition coefficient (Wildman–Crippen LogP) is 2.46. The van der Waals surface area contributed by atoms with Gasteiger partial charge in [0, 0.05) is 0 Å². The highest BCUT2D eigenvalue weighted by Crippen LogP contribution is 2.24. The van der Waals surface area contributed by atoms with Gasteiger partial charge in [0.2, 0.25) is 0 Å². The van der Waals surface area contributed by atoms with Gasteiger partial charge in [-0.1, -0.05) is 43.7 Å². The number of hydrogen-bond donors (Lipinski definition) is 2. The van der Waals surface area contributed by atoms with Gasteiger partial charge in [-0.05, 0) is 24.3 Å². The summed E-state index contributed by atoms with van der Waals surface area (Å²) in [5, 5.41) is 12.7. The van der Waals surface area contributed by atoms with Crippen LogP contribution in [0, 0.1) is 5.92 Å². The highest BCUT2D eigenvalue weighted by atomic mass is 16.5. The molecule has 19 heavy (non-hydrogen) atoms. The van der Waals surface area contributed by atoms with Crippen molar-refractivity contribution < 1.29 is 14.6 Å². The van der Waals surface area contributed by atoms with E-state index in [0.717, 1.165) is 24.8 Å². The van der Waals surface area contributed by atoms with Gasteiger partial charge in [0.15, 0.2) is 0 Å². The molecule has 1 amide bonds. The normalized spacial score (nSPS) is 26.7. The summed E-state index contributed by atoms with van der Waals surface area (Å²) in [5.74, 6) is 0.285. The van der Waals surface area contributed by atoms with Crippen molar-refractivity contribution in [1.29, 1.82) is 0 Å². The van der Waals surface area contributed by atoms with E-state index in [9.17, 15) is 9.90 Å². The van der Waals surface area contributed by atoms with Gasteiger partial charge in [-0.3, -0.25) is 0 Å². The molecule has 0 radical (unpaired) electrons. The van der Waals surface area contributed by atoms with Gasteiger partial charge in [0.25, 0.3) is 0 Å². The molecule has 104 valence electrons. The number of benzene rings is 1. The molecule has 1 saturated carbocycles. The number of hydrogen-bond acceptors (Lipinski definition) is 3. The average Bonchev–Trinajstić information content (AvgIpc) is 2.42. The number of rotatable bonds is 3. The SMILES string of the molecule is CC1CCCC(O)C1NC(=O)OCc1ccccc1. The summed E-state index contributed by atoms with van der Waals surface area (Å²) in [7, 11) is 0. The van der Waals surface area contributed by atoms with Gasteiger partial charge < -0.3 is 15.2 Å². The van der Waals surface area contributed by atoms with Gasteiger partial charge in [0.05, 0.1) is 12.1 Å². The Bertz CT molecular complexity index is 397. The summed E-state index contributed by atoms with van der Waals surface area (Å²) >= 11 is 0. The van der Waals surface area contributed by atoms with Gasteiger partial charge in [0.1, 0.15) is 6.61 Å². The second kappa shape index (κ2) is 6.57. The van der Waals surface area contributed by atoms with E-state index in [1.165, 1.54) is 0 Å². The Labute approximate surface area is 113 Å². The first-order valence-corrected chi connectivity index (χ1v) is 6.82. The Morgan fingerprint density at radius 1 is 1.37 bits per heavy atom. The average molecular weight is 263 g/mol. The third kappa shape index (κ3) is 3.96. The summed E-state index contributed by atoms with van der Waals surface area (Å²) < 4.78 is 5.17. The van der Waals surface area contributed by atoms with Crippen LogP contribution >= 0.6 is 0 Å². The summed E-state index contributed by atoms with van der Waals surface area (Å²) in [5.41, 5.74) is 0.954. The summed E-state index contributed by atoms with van der Waals surface area (Å²) in [4.78, 5) is 11.7. The molecule has 1 aliphatic carbocycles. The second-order valence-corrected chi connectivity index (χ2v) is 5.21. The zero-order valence-electron chi connectivity index (χ0n) is 11.2. The molecule has 0 saturated heterocycles. The van der Waals surface area contributed by atoms with Crippen molar-refractivity contribution in [3.8, 4) is 0 Å². The molecule has 1 fully saturated rings. The van der Waals surface area contributed by atoms with Crippen molar-refractivity contribution in [3.63, 3.8) is 0 Å². The molecule has 4 heteroatoms. The Hall–Kier alpha value is -1.55. The van der Waals surface area contributed by atoms with Gasteiger partial charge in [-0.15, -0.1) is 0 Å². The number of alkyl carbamates (subject to hydrolysis) is 1. The predicted molar refractivity (Wildman–Crippen MR) is 72.6 cm³/mol. The minimum atomic E-state index is -0.465. The van der Waals surface area contributed by atoms with Crippen LogP contribution in [0.25, 0.3) is 0 Å². The number of ether oxygens (including phenoxy) is 1. The fourth-order valence-electron chi connectivity index (χ4n) is 2.53. The van der Waals surface area contributed by atoms with E-state index in [0.29, 0.717) is 0 Å². The molecule has 0 spiro atoms. The lowest BCUT2D eigenvalue weighted by atomic mass is 9.84. The molecule has 0 heterocycles. The van der Waals surface area contributed by atoms with Crippen LogP contribution in [-0.2, 0) is 11.3 Å². The molecule has 0 aliphatic heterocycles. The van der Waals surface area contributed by atoms with Crippen molar-refractivity contribution in [2.45, 2.75) is 44.9 Å². The van der Waals surface area contributed by atoms with Crippen molar-refractivity contribution in [1.82, 2.24) is 5.32 Å². The van der Waals surface area contributed by atoms with Gasteiger partial charge >= 0.3 is 6.09 Å². The lowest BCUT2D eigenvalue weighted by Crippen LogP contribution is -2.49. The molecule has 1 aromatic carbocycles. The highest BCUT2D eigenvalue weighted by Gasteiger charge is 2.30. The molecule has 1 aliphatic rings. The zero-order chi connectivity index (χ0) is 13.7. The number of carbonyl (C=O) groups is 1. The van der Waals surface area contributed by atoms with Crippen LogP contribution in [0.2, 0.25) is 0 Å². The summed E-state index contributed by atoms with van der Waals surface area (Å²) in [6.07, 6.45) is 1.86. The number of aliphatic hydroxyl groups excluding tert-OH is 1. The van der Waals surface area contributed by atoms with E-state index in [1.807, 2.05) is 37.3 Å². The molecule has 3 unspecified atom stereocenters. The molecule has 2 N–H and O–H groups in total. The molecule has 2 rings (SSSR count). The topological polar surface area (TPSA) is 58.6 Å². The highest BCUT2D eigenvalue weighted by molar-refractivity contribution is 5.67. The fraction of sp³-hybridized carbons (Fsp3) is 0.533. The maximum atomic E-state index is 11.7. The lowest BCUT2D eigenvalue weighted by molar-refractivity contribution is 0.0551. The first-order chi connectivity index (χ1) is 9.16. The summed E-state index contributed by atoms with van der Waals surface area (Å²) in [6.45, 7) is 2.30. The third-order valence-corrected chi connectivity index (χ3v) is 3.68. The van der Waals surface area contributed by atoms with Crippen LogP contribution in [0.1, 0.15) is 31.7 Å². The monoisotopic (exact) mass is 263 g/mol. The number of carbonyl (C=O) groups excluding carboxylic acids is 1. The molecule has 3 atom stereocenters. The molecular formula is C15H21NO3. The van der Waals surface area contributed by atoms with Crippen LogP contribution in [0.3, 0.4) is 0 Å². The van der Waals surface area contributed by atoms with Crippen LogP contribution in [0.5, 0.6) is 0 Å². The zero-order valence-corrected chi connectivity index (χ0v) is 11.2. The quantitative estimate of drug-likeness (QED) is 0.880. The Kier molecular flexibility index (Phi) is 4.80. The van der Waals surface area contributed by atoms with E-state index in [1.54, 1.807) is 0 Å². The molecule has 0 bridgehead atoms. The van der Waals surface area contributed by atoms with E-state index in [-0.39, 0.29) is 18.6 Å². The molecule has 0 aromatic heterocycles. The minimum Gasteiger partial charge on any atom is -0.445 e. The Morgan fingerprint density at radius 2 is 2.11 bits per heavy atom. The second-order valence-electron chi connectivity index (χ2n) is 5.21. The van der Waals surface area contributed by atoms with E-state index in [2.05, 4.69) is 5.32 Å². The van der Waals surface area contributed by atoms with Gasteiger partial charge in [-0.25, -0.2) is 4.79 Å². The number of nitrogens with one attached hydrogen (secondary N) is 1. The Balaban J connectivity index is 1.80. The van der Waals surface area contributed by atoms with Crippen molar-refractivity contribution in [3.05, 3.63) is 35.9 Å². The lowest BCUT2D eigenvalue weighted by Gasteiger charge is -2.33. The summed E-state index contributed by atoms with van der Waals surface area (Å²) in [6, 6.07) is 9.35. The maximum Gasteiger partial charge on any atom is 0.407 e. The molecular weight excluding hydrogens is 242 g/mol. The Morgan fingerprint density at radius 3 is 2.79 bits per heavy atom. The van der Waals surface area contributed by atoms with E-state index in [4.69, 9.17) is 4.74 Å². The number of aliphatic hydroxyl groups is 1. The molecule has 4 nitrogen and oxygen atoms in total.